The molecule has 0 unspecified atom stereocenters. The second kappa shape index (κ2) is 5.40. The van der Waals surface area contributed by atoms with Gasteiger partial charge in [-0.3, -0.25) is 10.1 Å². The van der Waals surface area contributed by atoms with E-state index in [4.69, 9.17) is 4.74 Å². The molecule has 4 aromatic rings. The van der Waals surface area contributed by atoms with Crippen LogP contribution in [0.15, 0.2) is 48.7 Å². The third-order valence-corrected chi connectivity index (χ3v) is 4.59. The number of anilines is 1. The number of rotatable bonds is 3. The number of carbonyl (C=O) groups is 1. The minimum Gasteiger partial charge on any atom is -0.494 e. The van der Waals surface area contributed by atoms with E-state index in [0.717, 1.165) is 21.1 Å². The topological polar surface area (TPSA) is 67.0 Å². The highest BCUT2D eigenvalue weighted by Gasteiger charge is 2.15. The molecule has 1 amide bonds. The van der Waals surface area contributed by atoms with Crippen molar-refractivity contribution in [2.75, 3.05) is 12.4 Å². The molecule has 2 heterocycles. The lowest BCUT2D eigenvalue weighted by Gasteiger charge is -2.00. The number of para-hydroxylation sites is 2. The lowest BCUT2D eigenvalue weighted by molar-refractivity contribution is 0.102. The van der Waals surface area contributed by atoms with E-state index in [9.17, 15) is 4.79 Å². The number of nitrogens with zero attached hydrogens (tertiary/aromatic N) is 1. The highest BCUT2D eigenvalue weighted by atomic mass is 32.1. The number of ether oxygens (including phenoxy) is 1. The van der Waals surface area contributed by atoms with E-state index >= 15 is 0 Å². The van der Waals surface area contributed by atoms with Gasteiger partial charge in [0.15, 0.2) is 5.13 Å². The minimum atomic E-state index is -0.180. The minimum absolute atomic E-state index is 0.180. The molecular formula is C17H13N3O2S. The maximum Gasteiger partial charge on any atom is 0.259 e. The summed E-state index contributed by atoms with van der Waals surface area (Å²) in [5.41, 5.74) is 2.30. The molecule has 23 heavy (non-hydrogen) atoms. The van der Waals surface area contributed by atoms with Crippen LogP contribution in [0.4, 0.5) is 5.13 Å². The highest BCUT2D eigenvalue weighted by molar-refractivity contribution is 7.22. The van der Waals surface area contributed by atoms with Crippen LogP contribution in [0.2, 0.25) is 0 Å². The molecule has 2 N–H and O–H groups in total. The van der Waals surface area contributed by atoms with Gasteiger partial charge in [0.25, 0.3) is 5.91 Å². The molecule has 2 aromatic carbocycles. The smallest absolute Gasteiger partial charge is 0.259 e. The van der Waals surface area contributed by atoms with E-state index < -0.39 is 0 Å². The van der Waals surface area contributed by atoms with Crippen LogP contribution in [0, 0.1) is 0 Å². The highest BCUT2D eigenvalue weighted by Crippen LogP contribution is 2.32. The van der Waals surface area contributed by atoms with Crippen LogP contribution in [-0.4, -0.2) is 23.0 Å². The van der Waals surface area contributed by atoms with E-state index in [0.29, 0.717) is 16.4 Å². The molecule has 2 aromatic heterocycles. The molecule has 0 spiro atoms. The summed E-state index contributed by atoms with van der Waals surface area (Å²) < 4.78 is 6.27. The van der Waals surface area contributed by atoms with Crippen LogP contribution in [0.1, 0.15) is 10.4 Å². The largest absolute Gasteiger partial charge is 0.494 e. The van der Waals surface area contributed by atoms with Crippen LogP contribution in [0.25, 0.3) is 21.1 Å². The first-order chi connectivity index (χ1) is 11.3. The number of H-pyrrole nitrogens is 1. The number of carbonyl (C=O) groups excluding carboxylic acids is 1. The van der Waals surface area contributed by atoms with Gasteiger partial charge in [-0.25, -0.2) is 4.98 Å². The molecule has 0 atom stereocenters. The molecule has 6 heteroatoms. The number of hydrogen-bond acceptors (Lipinski definition) is 4. The Morgan fingerprint density at radius 1 is 1.22 bits per heavy atom. The fourth-order valence-electron chi connectivity index (χ4n) is 2.57. The van der Waals surface area contributed by atoms with Gasteiger partial charge in [0.05, 0.1) is 17.4 Å². The lowest BCUT2D eigenvalue weighted by Crippen LogP contribution is -2.10. The van der Waals surface area contributed by atoms with Crippen LogP contribution in [0.3, 0.4) is 0 Å². The fraction of sp³-hybridized carbons (Fsp3) is 0.0588. The molecule has 4 rings (SSSR count). The summed E-state index contributed by atoms with van der Waals surface area (Å²) in [6.07, 6.45) is 1.72. The Hall–Kier alpha value is -2.86. The molecule has 5 nitrogen and oxygen atoms in total. The molecule has 114 valence electrons. The average molecular weight is 323 g/mol. The predicted molar refractivity (Wildman–Crippen MR) is 92.4 cm³/mol. The molecular weight excluding hydrogens is 310 g/mol. The van der Waals surface area contributed by atoms with E-state index in [1.807, 2.05) is 42.5 Å². The maximum atomic E-state index is 12.5. The third-order valence-electron chi connectivity index (χ3n) is 3.66. The Labute approximate surface area is 135 Å². The molecule has 0 saturated heterocycles. The second-order valence-electron chi connectivity index (χ2n) is 5.03. The van der Waals surface area contributed by atoms with E-state index in [1.54, 1.807) is 13.3 Å². The first-order valence-electron chi connectivity index (χ1n) is 7.07. The SMILES string of the molecule is COc1cccc2sc(NC(=O)c3c[nH]c4ccccc34)nc12. The summed E-state index contributed by atoms with van der Waals surface area (Å²) in [4.78, 5) is 20.1. The van der Waals surface area contributed by atoms with Crippen LogP contribution in [0.5, 0.6) is 5.75 Å². The summed E-state index contributed by atoms with van der Waals surface area (Å²) >= 11 is 1.42. The number of amides is 1. The standard InChI is InChI=1S/C17H13N3O2S/c1-22-13-7-4-8-14-15(13)19-17(23-14)20-16(21)11-9-18-12-6-3-2-5-10(11)12/h2-9,18H,1H3,(H,19,20,21). The van der Waals surface area contributed by atoms with Crippen molar-refractivity contribution < 1.29 is 9.53 Å². The van der Waals surface area contributed by atoms with Crippen molar-refractivity contribution in [3.05, 3.63) is 54.2 Å². The van der Waals surface area contributed by atoms with Gasteiger partial charge in [-0.1, -0.05) is 35.6 Å². The van der Waals surface area contributed by atoms with E-state index in [2.05, 4.69) is 15.3 Å². The molecule has 0 aliphatic rings. The zero-order chi connectivity index (χ0) is 15.8. The number of nitrogens with one attached hydrogen (secondary N) is 2. The fourth-order valence-corrected chi connectivity index (χ4v) is 3.44. The van der Waals surface area contributed by atoms with Crippen molar-refractivity contribution in [2.45, 2.75) is 0 Å². The van der Waals surface area contributed by atoms with E-state index in [1.165, 1.54) is 11.3 Å². The molecule has 0 fully saturated rings. The van der Waals surface area contributed by atoms with Gasteiger partial charge >= 0.3 is 0 Å². The quantitative estimate of drug-likeness (QED) is 0.598. The van der Waals surface area contributed by atoms with Gasteiger partial charge in [-0.05, 0) is 18.2 Å². The Kier molecular flexibility index (Phi) is 3.24. The van der Waals surface area contributed by atoms with Crippen molar-refractivity contribution in [1.82, 2.24) is 9.97 Å². The van der Waals surface area contributed by atoms with Gasteiger partial charge in [-0.15, -0.1) is 0 Å². The summed E-state index contributed by atoms with van der Waals surface area (Å²) in [6, 6.07) is 13.4. The normalized spacial score (nSPS) is 11.0. The number of benzene rings is 2. The number of thiazole rings is 1. The molecule has 0 saturated carbocycles. The molecule has 0 radical (unpaired) electrons. The van der Waals surface area contributed by atoms with Crippen molar-refractivity contribution >= 4 is 43.5 Å². The molecule has 0 aliphatic heterocycles. The summed E-state index contributed by atoms with van der Waals surface area (Å²) in [7, 11) is 1.61. The monoisotopic (exact) mass is 323 g/mol. The second-order valence-corrected chi connectivity index (χ2v) is 6.06. The summed E-state index contributed by atoms with van der Waals surface area (Å²) in [5, 5.41) is 4.32. The number of aromatic amines is 1. The predicted octanol–water partition coefficient (Wildman–Crippen LogP) is 4.04. The van der Waals surface area contributed by atoms with Gasteiger partial charge in [0.2, 0.25) is 0 Å². The Morgan fingerprint density at radius 2 is 2.09 bits per heavy atom. The van der Waals surface area contributed by atoms with Crippen LogP contribution >= 0.6 is 11.3 Å². The van der Waals surface area contributed by atoms with Gasteiger partial charge in [0, 0.05) is 17.1 Å². The molecule has 0 aliphatic carbocycles. The van der Waals surface area contributed by atoms with Crippen molar-refractivity contribution in [2.24, 2.45) is 0 Å². The third kappa shape index (κ3) is 2.33. The zero-order valence-electron chi connectivity index (χ0n) is 12.3. The Morgan fingerprint density at radius 3 is 2.96 bits per heavy atom. The Bertz CT molecular complexity index is 1020. The van der Waals surface area contributed by atoms with Crippen LogP contribution < -0.4 is 10.1 Å². The molecule has 0 bridgehead atoms. The summed E-state index contributed by atoms with van der Waals surface area (Å²) in [6.45, 7) is 0. The van der Waals surface area contributed by atoms with Crippen LogP contribution in [-0.2, 0) is 0 Å². The number of hydrogen-bond donors (Lipinski definition) is 2. The van der Waals surface area contributed by atoms with Gasteiger partial charge in [0.1, 0.15) is 11.3 Å². The number of aromatic nitrogens is 2. The first-order valence-corrected chi connectivity index (χ1v) is 7.89. The summed E-state index contributed by atoms with van der Waals surface area (Å²) in [5.74, 6) is 0.520. The number of fused-ring (bicyclic) bond motifs is 2. The van der Waals surface area contributed by atoms with Crippen molar-refractivity contribution in [3.63, 3.8) is 0 Å². The lowest BCUT2D eigenvalue weighted by atomic mass is 10.2. The maximum absolute atomic E-state index is 12.5. The van der Waals surface area contributed by atoms with E-state index in [-0.39, 0.29) is 5.91 Å². The first kappa shape index (κ1) is 13.8. The van der Waals surface area contributed by atoms with Crippen molar-refractivity contribution in [3.8, 4) is 5.75 Å². The average Bonchev–Trinajstić information content (AvgIpc) is 3.17. The number of methoxy groups -OCH3 is 1. The zero-order valence-corrected chi connectivity index (χ0v) is 13.1. The van der Waals surface area contributed by atoms with Crippen molar-refractivity contribution in [1.29, 1.82) is 0 Å². The van der Waals surface area contributed by atoms with Gasteiger partial charge in [-0.2, -0.15) is 0 Å². The van der Waals surface area contributed by atoms with Gasteiger partial charge < -0.3 is 9.72 Å². The Balaban J connectivity index is 1.69.